The van der Waals surface area contributed by atoms with E-state index in [-0.39, 0.29) is 11.8 Å². The molecule has 3 aromatic carbocycles. The number of aryl methyl sites for hydroxylation is 1. The largest absolute Gasteiger partial charge is 0.476 e. The highest BCUT2D eigenvalue weighted by molar-refractivity contribution is 6.09. The van der Waals surface area contributed by atoms with Crippen molar-refractivity contribution in [2.75, 3.05) is 16.3 Å². The maximum Gasteiger partial charge on any atom is 0.271 e. The van der Waals surface area contributed by atoms with Crippen LogP contribution in [0.1, 0.15) is 40.9 Å². The predicted molar refractivity (Wildman–Crippen MR) is 125 cm³/mol. The summed E-state index contributed by atoms with van der Waals surface area (Å²) in [5, 5.41) is 0. The first-order valence-electron chi connectivity index (χ1n) is 10.9. The van der Waals surface area contributed by atoms with Gasteiger partial charge in [-0.15, -0.1) is 0 Å². The lowest BCUT2D eigenvalue weighted by atomic mass is 10.0. The zero-order chi connectivity index (χ0) is 22.5. The molecule has 162 valence electrons. The van der Waals surface area contributed by atoms with Gasteiger partial charge in [-0.25, -0.2) is 0 Å². The van der Waals surface area contributed by atoms with Crippen LogP contribution in [0.25, 0.3) is 0 Å². The molecule has 0 saturated carbocycles. The summed E-state index contributed by atoms with van der Waals surface area (Å²) in [6.07, 6.45) is 0.849. The summed E-state index contributed by atoms with van der Waals surface area (Å²) >= 11 is 0. The van der Waals surface area contributed by atoms with Crippen molar-refractivity contribution < 1.29 is 14.3 Å². The molecule has 5 heteroatoms. The Morgan fingerprint density at radius 2 is 1.75 bits per heavy atom. The van der Waals surface area contributed by atoms with Crippen LogP contribution in [0.4, 0.5) is 11.4 Å². The molecule has 3 aromatic rings. The van der Waals surface area contributed by atoms with Crippen LogP contribution in [0.2, 0.25) is 0 Å². The molecule has 0 bridgehead atoms. The van der Waals surface area contributed by atoms with E-state index in [1.807, 2.05) is 54.3 Å². The Morgan fingerprint density at radius 3 is 2.53 bits per heavy atom. The number of benzene rings is 3. The number of anilines is 2. The van der Waals surface area contributed by atoms with E-state index < -0.39 is 5.60 Å². The number of rotatable bonds is 3. The number of hydrogen-bond acceptors (Lipinski definition) is 3. The lowest BCUT2D eigenvalue weighted by Crippen LogP contribution is -2.52. The Labute approximate surface area is 188 Å². The molecular weight excluding hydrogens is 400 g/mol. The number of carbonyl (C=O) groups is 2. The molecule has 0 unspecified atom stereocenters. The van der Waals surface area contributed by atoms with Crippen molar-refractivity contribution in [2.24, 2.45) is 0 Å². The monoisotopic (exact) mass is 426 g/mol. The number of hydrogen-bond donors (Lipinski definition) is 0. The average Bonchev–Trinajstić information content (AvgIpc) is 3.21. The maximum absolute atomic E-state index is 13.4. The third kappa shape index (κ3) is 3.44. The molecule has 32 heavy (non-hydrogen) atoms. The summed E-state index contributed by atoms with van der Waals surface area (Å²) < 4.78 is 6.02. The van der Waals surface area contributed by atoms with Crippen LogP contribution in [0.3, 0.4) is 0 Å². The van der Waals surface area contributed by atoms with Gasteiger partial charge in [-0.05, 0) is 62.6 Å². The molecular formula is C27H26N2O3. The summed E-state index contributed by atoms with van der Waals surface area (Å²) in [4.78, 5) is 30.2. The molecule has 0 atom stereocenters. The molecule has 0 radical (unpaired) electrons. The van der Waals surface area contributed by atoms with E-state index >= 15 is 0 Å². The zero-order valence-electron chi connectivity index (χ0n) is 18.6. The molecule has 0 fully saturated rings. The molecule has 2 aliphatic rings. The highest BCUT2D eigenvalue weighted by Crippen LogP contribution is 2.40. The lowest BCUT2D eigenvalue weighted by Gasteiger charge is -2.39. The minimum absolute atomic E-state index is 0.0645. The molecule has 2 heterocycles. The maximum atomic E-state index is 13.4. The first-order valence-corrected chi connectivity index (χ1v) is 10.9. The minimum Gasteiger partial charge on any atom is -0.476 e. The standard InChI is InChI=1S/C27H26N2O3/c1-18-8-10-19(11-9-18)17-29-23-16-21(12-13-24(23)32-27(2,3)26(29)31)25(30)28-15-14-20-6-4-5-7-22(20)28/h4-13,16H,14-15,17H2,1-3H3. The molecule has 0 spiro atoms. The van der Waals surface area contributed by atoms with Crippen LogP contribution < -0.4 is 14.5 Å². The number of ether oxygens (including phenoxy) is 1. The van der Waals surface area contributed by atoms with Crippen molar-refractivity contribution in [3.8, 4) is 5.75 Å². The smallest absolute Gasteiger partial charge is 0.271 e. The number of carbonyl (C=O) groups excluding carboxylic acids is 2. The Kier molecular flexibility index (Phi) is 4.77. The molecule has 0 saturated heterocycles. The van der Waals surface area contributed by atoms with E-state index in [0.29, 0.717) is 30.1 Å². The summed E-state index contributed by atoms with van der Waals surface area (Å²) in [6.45, 7) is 6.67. The first-order chi connectivity index (χ1) is 15.3. The van der Waals surface area contributed by atoms with Crippen LogP contribution in [0.15, 0.2) is 66.7 Å². The number of nitrogens with zero attached hydrogens (tertiary/aromatic N) is 2. The molecule has 0 aliphatic carbocycles. The predicted octanol–water partition coefficient (Wildman–Crippen LogP) is 4.90. The average molecular weight is 427 g/mol. The lowest BCUT2D eigenvalue weighted by molar-refractivity contribution is -0.132. The van der Waals surface area contributed by atoms with Gasteiger partial charge in [0.25, 0.3) is 11.8 Å². The number of amides is 2. The van der Waals surface area contributed by atoms with E-state index in [1.165, 1.54) is 11.1 Å². The quantitative estimate of drug-likeness (QED) is 0.598. The van der Waals surface area contributed by atoms with Gasteiger partial charge < -0.3 is 14.5 Å². The van der Waals surface area contributed by atoms with Gasteiger partial charge in [0.05, 0.1) is 12.2 Å². The summed E-state index contributed by atoms with van der Waals surface area (Å²) in [5.41, 5.74) is 4.54. The van der Waals surface area contributed by atoms with Crippen LogP contribution in [-0.2, 0) is 17.8 Å². The second-order valence-electron chi connectivity index (χ2n) is 9.01. The summed E-state index contributed by atoms with van der Waals surface area (Å²) in [5.74, 6) is 0.423. The zero-order valence-corrected chi connectivity index (χ0v) is 18.6. The van der Waals surface area contributed by atoms with E-state index in [1.54, 1.807) is 36.9 Å². The van der Waals surface area contributed by atoms with Crippen LogP contribution >= 0.6 is 0 Å². The molecule has 0 aromatic heterocycles. The minimum atomic E-state index is -0.975. The van der Waals surface area contributed by atoms with Crippen LogP contribution in [0.5, 0.6) is 5.75 Å². The fourth-order valence-corrected chi connectivity index (χ4v) is 4.44. The van der Waals surface area contributed by atoms with Crippen molar-refractivity contribution in [3.05, 3.63) is 89.0 Å². The van der Waals surface area contributed by atoms with Crippen molar-refractivity contribution in [1.82, 2.24) is 0 Å². The Morgan fingerprint density at radius 1 is 1.00 bits per heavy atom. The topological polar surface area (TPSA) is 49.9 Å². The number of para-hydroxylation sites is 1. The molecule has 2 amide bonds. The molecule has 2 aliphatic heterocycles. The van der Waals surface area contributed by atoms with Gasteiger partial charge in [0.2, 0.25) is 0 Å². The van der Waals surface area contributed by atoms with Crippen molar-refractivity contribution in [2.45, 2.75) is 39.3 Å². The van der Waals surface area contributed by atoms with Crippen molar-refractivity contribution >= 4 is 23.2 Å². The molecule has 5 rings (SSSR count). The van der Waals surface area contributed by atoms with Crippen LogP contribution in [-0.4, -0.2) is 24.0 Å². The molecule has 0 N–H and O–H groups in total. The van der Waals surface area contributed by atoms with Crippen molar-refractivity contribution in [1.29, 1.82) is 0 Å². The van der Waals surface area contributed by atoms with Gasteiger partial charge in [-0.2, -0.15) is 0 Å². The Balaban J connectivity index is 1.52. The van der Waals surface area contributed by atoms with Gasteiger partial charge >= 0.3 is 0 Å². The van der Waals surface area contributed by atoms with Gasteiger partial charge in [-0.1, -0.05) is 48.0 Å². The Hall–Kier alpha value is -3.60. The Bertz CT molecular complexity index is 1210. The van der Waals surface area contributed by atoms with Gasteiger partial charge in [-0.3, -0.25) is 9.59 Å². The van der Waals surface area contributed by atoms with Crippen molar-refractivity contribution in [3.63, 3.8) is 0 Å². The van der Waals surface area contributed by atoms with Gasteiger partial charge in [0.1, 0.15) is 5.75 Å². The second kappa shape index (κ2) is 7.52. The van der Waals surface area contributed by atoms with Crippen LogP contribution in [0, 0.1) is 6.92 Å². The summed E-state index contributed by atoms with van der Waals surface area (Å²) in [7, 11) is 0. The first kappa shape index (κ1) is 20.3. The number of fused-ring (bicyclic) bond motifs is 2. The highest BCUT2D eigenvalue weighted by Gasteiger charge is 2.41. The van der Waals surface area contributed by atoms with E-state index in [9.17, 15) is 9.59 Å². The third-order valence-corrected chi connectivity index (χ3v) is 6.22. The van der Waals surface area contributed by atoms with Gasteiger partial charge in [0, 0.05) is 17.8 Å². The normalized spacial score (nSPS) is 16.4. The fraction of sp³-hybridized carbons (Fsp3) is 0.259. The van der Waals surface area contributed by atoms with E-state index in [4.69, 9.17) is 4.74 Å². The second-order valence-corrected chi connectivity index (χ2v) is 9.01. The van der Waals surface area contributed by atoms with E-state index in [2.05, 4.69) is 6.07 Å². The summed E-state index contributed by atoms with van der Waals surface area (Å²) in [6, 6.07) is 21.5. The van der Waals surface area contributed by atoms with E-state index in [0.717, 1.165) is 17.7 Å². The van der Waals surface area contributed by atoms with Gasteiger partial charge in [0.15, 0.2) is 5.60 Å². The third-order valence-electron chi connectivity index (χ3n) is 6.22. The molecule has 5 nitrogen and oxygen atoms in total. The highest BCUT2D eigenvalue weighted by atomic mass is 16.5. The SMILES string of the molecule is Cc1ccc(CN2C(=O)C(C)(C)Oc3ccc(C(=O)N4CCc5ccccc54)cc32)cc1. The fourth-order valence-electron chi connectivity index (χ4n) is 4.44.